The second kappa shape index (κ2) is 4.32. The van der Waals surface area contributed by atoms with Crippen molar-refractivity contribution >= 4 is 6.09 Å². The molecule has 0 spiro atoms. The van der Waals surface area contributed by atoms with Gasteiger partial charge in [-0.25, -0.2) is 11.4 Å². The zero-order valence-electron chi connectivity index (χ0n) is 9.47. The van der Waals surface area contributed by atoms with Crippen LogP contribution in [0.1, 0.15) is 34.6 Å². The summed E-state index contributed by atoms with van der Waals surface area (Å²) >= 11 is 0. The minimum Gasteiger partial charge on any atom is -0.444 e. The lowest BCUT2D eigenvalue weighted by Gasteiger charge is -2.24. The molecule has 4 heteroatoms. The molecule has 0 aliphatic carbocycles. The first-order valence-corrected chi connectivity index (χ1v) is 4.51. The lowest BCUT2D eigenvalue weighted by Crippen LogP contribution is -2.47. The maximum Gasteiger partial charge on any atom is 0.408 e. The van der Waals surface area contributed by atoms with E-state index in [-0.39, 0.29) is 6.54 Å². The molecule has 0 aliphatic rings. The van der Waals surface area contributed by atoms with Gasteiger partial charge in [0.2, 0.25) is 6.54 Å². The van der Waals surface area contributed by atoms with Crippen LogP contribution in [0.25, 0.3) is 4.85 Å². The highest BCUT2D eigenvalue weighted by Crippen LogP contribution is 2.09. The Morgan fingerprint density at radius 1 is 1.36 bits per heavy atom. The van der Waals surface area contributed by atoms with Gasteiger partial charge in [0.25, 0.3) is 0 Å². The highest BCUT2D eigenvalue weighted by Gasteiger charge is 2.26. The third-order valence-corrected chi connectivity index (χ3v) is 1.31. The number of hydrogen-bond acceptors (Lipinski definition) is 2. The first-order chi connectivity index (χ1) is 6.16. The van der Waals surface area contributed by atoms with Gasteiger partial charge in [-0.1, -0.05) is 0 Å². The molecule has 1 N–H and O–H groups in total. The second-order valence-corrected chi connectivity index (χ2v) is 4.83. The van der Waals surface area contributed by atoms with E-state index in [9.17, 15) is 4.79 Å². The molecule has 0 radical (unpaired) electrons. The van der Waals surface area contributed by atoms with Crippen molar-refractivity contribution in [2.24, 2.45) is 0 Å². The highest BCUT2D eigenvalue weighted by atomic mass is 16.6. The average molecular weight is 198 g/mol. The molecule has 0 saturated heterocycles. The van der Waals surface area contributed by atoms with Crippen LogP contribution in [0.4, 0.5) is 4.79 Å². The molecule has 0 aromatic rings. The zero-order chi connectivity index (χ0) is 11.4. The molecule has 4 nitrogen and oxygen atoms in total. The predicted molar refractivity (Wildman–Crippen MR) is 54.9 cm³/mol. The minimum absolute atomic E-state index is 0.242. The number of ether oxygens (including phenoxy) is 1. The third kappa shape index (κ3) is 6.30. The number of rotatable bonds is 2. The number of nitrogens with zero attached hydrogens (tertiary/aromatic N) is 1. The molecule has 0 fully saturated rings. The topological polar surface area (TPSA) is 42.7 Å². The Morgan fingerprint density at radius 2 is 1.86 bits per heavy atom. The Bertz CT molecular complexity index is 246. The summed E-state index contributed by atoms with van der Waals surface area (Å²) in [4.78, 5) is 14.5. The van der Waals surface area contributed by atoms with Crippen LogP contribution in [0.15, 0.2) is 0 Å². The monoisotopic (exact) mass is 198 g/mol. The lowest BCUT2D eigenvalue weighted by atomic mass is 10.1. The fourth-order valence-corrected chi connectivity index (χ4v) is 0.817. The fourth-order valence-electron chi connectivity index (χ4n) is 0.817. The normalized spacial score (nSPS) is 11.7. The number of hydrogen-bond donors (Lipinski definition) is 1. The van der Waals surface area contributed by atoms with Crippen molar-refractivity contribution in [1.29, 1.82) is 0 Å². The fraction of sp³-hybridized carbons (Fsp3) is 0.800. The molecule has 0 heterocycles. The molecule has 0 aromatic heterocycles. The smallest absolute Gasteiger partial charge is 0.408 e. The van der Waals surface area contributed by atoms with Gasteiger partial charge in [-0.15, -0.1) is 0 Å². The summed E-state index contributed by atoms with van der Waals surface area (Å²) in [5.74, 6) is 0. The van der Waals surface area contributed by atoms with E-state index in [1.807, 2.05) is 0 Å². The van der Waals surface area contributed by atoms with E-state index in [1.54, 1.807) is 34.6 Å². The van der Waals surface area contributed by atoms with Crippen LogP contribution < -0.4 is 5.32 Å². The Balaban J connectivity index is 4.14. The molecule has 0 aromatic carbocycles. The summed E-state index contributed by atoms with van der Waals surface area (Å²) < 4.78 is 5.07. The van der Waals surface area contributed by atoms with Crippen molar-refractivity contribution < 1.29 is 9.53 Å². The lowest BCUT2D eigenvalue weighted by molar-refractivity contribution is 0.0479. The van der Waals surface area contributed by atoms with E-state index in [0.717, 1.165) is 0 Å². The predicted octanol–water partition coefficient (Wildman–Crippen LogP) is 2.21. The largest absolute Gasteiger partial charge is 0.444 e. The van der Waals surface area contributed by atoms with Gasteiger partial charge in [0.05, 0.1) is 0 Å². The number of carbonyl (C=O) groups excluding carboxylic acids is 1. The summed E-state index contributed by atoms with van der Waals surface area (Å²) in [6.45, 7) is 15.9. The maximum absolute atomic E-state index is 11.3. The molecule has 80 valence electrons. The maximum atomic E-state index is 11.3. The average Bonchev–Trinajstić information content (AvgIpc) is 1.78. The van der Waals surface area contributed by atoms with Crippen molar-refractivity contribution in [2.45, 2.75) is 45.8 Å². The zero-order valence-corrected chi connectivity index (χ0v) is 9.47. The van der Waals surface area contributed by atoms with Gasteiger partial charge >= 0.3 is 6.09 Å². The number of nitrogens with one attached hydrogen (secondary N) is 1. The van der Waals surface area contributed by atoms with Crippen LogP contribution in [0, 0.1) is 6.57 Å². The molecule has 0 rings (SSSR count). The van der Waals surface area contributed by atoms with Gasteiger partial charge in [0.1, 0.15) is 11.1 Å². The standard InChI is InChI=1S/C10H18N2O2/c1-9(2,3)14-8(13)12-10(4,5)7-11-6/h7H2,1-5H3,(H,12,13). The molecular formula is C10H18N2O2. The summed E-state index contributed by atoms with van der Waals surface area (Å²) in [6, 6.07) is 0. The van der Waals surface area contributed by atoms with E-state index in [1.165, 1.54) is 0 Å². The Labute approximate surface area is 85.5 Å². The van der Waals surface area contributed by atoms with Gasteiger partial charge in [-0.3, -0.25) is 0 Å². The Morgan fingerprint density at radius 3 is 2.21 bits per heavy atom. The minimum atomic E-state index is -0.538. The first kappa shape index (κ1) is 12.8. The van der Waals surface area contributed by atoms with Crippen molar-refractivity contribution in [3.63, 3.8) is 0 Å². The van der Waals surface area contributed by atoms with E-state index in [2.05, 4.69) is 10.2 Å². The molecule has 0 atom stereocenters. The summed E-state index contributed by atoms with van der Waals surface area (Å²) in [5, 5.41) is 2.64. The number of carbonyl (C=O) groups is 1. The van der Waals surface area contributed by atoms with Gasteiger partial charge in [-0.2, -0.15) is 0 Å². The van der Waals surface area contributed by atoms with Gasteiger partial charge in [0.15, 0.2) is 0 Å². The second-order valence-electron chi connectivity index (χ2n) is 4.83. The molecule has 0 aliphatic heterocycles. The molecule has 14 heavy (non-hydrogen) atoms. The molecular weight excluding hydrogens is 180 g/mol. The Kier molecular flexibility index (Phi) is 3.93. The van der Waals surface area contributed by atoms with E-state index in [4.69, 9.17) is 11.3 Å². The molecule has 0 unspecified atom stereocenters. The van der Waals surface area contributed by atoms with Crippen molar-refractivity contribution in [1.82, 2.24) is 5.32 Å². The van der Waals surface area contributed by atoms with Gasteiger partial charge < -0.3 is 14.9 Å². The molecule has 0 saturated carbocycles. The third-order valence-electron chi connectivity index (χ3n) is 1.31. The van der Waals surface area contributed by atoms with Crippen LogP contribution in [0.5, 0.6) is 0 Å². The molecule has 1 amide bonds. The number of alkyl carbamates (subject to hydrolysis) is 1. The summed E-state index contributed by atoms with van der Waals surface area (Å²) in [7, 11) is 0. The van der Waals surface area contributed by atoms with Crippen LogP contribution >= 0.6 is 0 Å². The van der Waals surface area contributed by atoms with E-state index < -0.39 is 17.2 Å². The van der Waals surface area contributed by atoms with Gasteiger partial charge in [0, 0.05) is 0 Å². The van der Waals surface area contributed by atoms with Crippen molar-refractivity contribution in [3.05, 3.63) is 11.4 Å². The first-order valence-electron chi connectivity index (χ1n) is 4.51. The van der Waals surface area contributed by atoms with Crippen LogP contribution in [0.2, 0.25) is 0 Å². The Hall–Kier alpha value is -1.24. The van der Waals surface area contributed by atoms with Crippen molar-refractivity contribution in [3.8, 4) is 0 Å². The quantitative estimate of drug-likeness (QED) is 0.691. The highest BCUT2D eigenvalue weighted by molar-refractivity contribution is 5.68. The van der Waals surface area contributed by atoms with Crippen LogP contribution in [0.3, 0.4) is 0 Å². The summed E-state index contributed by atoms with van der Waals surface area (Å²) in [6.07, 6.45) is -0.480. The SMILES string of the molecule is [C-]#[N+]CC(C)(C)NC(=O)OC(C)(C)C. The molecule has 0 bridgehead atoms. The van der Waals surface area contributed by atoms with Crippen LogP contribution in [-0.4, -0.2) is 23.8 Å². The van der Waals surface area contributed by atoms with Gasteiger partial charge in [-0.05, 0) is 34.6 Å². The van der Waals surface area contributed by atoms with Crippen molar-refractivity contribution in [2.75, 3.05) is 6.54 Å². The number of amides is 1. The summed E-state index contributed by atoms with van der Waals surface area (Å²) in [5.41, 5.74) is -1.04. The van der Waals surface area contributed by atoms with Crippen LogP contribution in [-0.2, 0) is 4.74 Å². The van der Waals surface area contributed by atoms with E-state index >= 15 is 0 Å². The van der Waals surface area contributed by atoms with E-state index in [0.29, 0.717) is 0 Å².